The van der Waals surface area contributed by atoms with Crippen LogP contribution in [0.4, 0.5) is 0 Å². The van der Waals surface area contributed by atoms with E-state index in [4.69, 9.17) is 0 Å². The lowest BCUT2D eigenvalue weighted by atomic mass is 9.84. The molecule has 0 aromatic carbocycles. The molecule has 0 saturated carbocycles. The molecule has 23 heavy (non-hydrogen) atoms. The zero-order chi connectivity index (χ0) is 16.5. The van der Waals surface area contributed by atoms with Crippen LogP contribution in [-0.2, 0) is 4.79 Å². The fraction of sp³-hybridized carbons (Fsp3) is 0.947. The molecule has 134 valence electrons. The van der Waals surface area contributed by atoms with Crippen LogP contribution in [0.5, 0.6) is 0 Å². The summed E-state index contributed by atoms with van der Waals surface area (Å²) in [6.45, 7) is 10.00. The molecule has 2 fully saturated rings. The van der Waals surface area contributed by atoms with Crippen molar-refractivity contribution in [1.82, 2.24) is 15.5 Å². The van der Waals surface area contributed by atoms with E-state index in [0.29, 0.717) is 18.4 Å². The van der Waals surface area contributed by atoms with Crippen LogP contribution in [-0.4, -0.2) is 49.6 Å². The number of unbranched alkanes of at least 4 members (excludes halogenated alkanes) is 1. The Labute approximate surface area is 142 Å². The van der Waals surface area contributed by atoms with Crippen LogP contribution in [0.15, 0.2) is 0 Å². The van der Waals surface area contributed by atoms with Crippen molar-refractivity contribution in [3.8, 4) is 0 Å². The van der Waals surface area contributed by atoms with E-state index in [9.17, 15) is 4.79 Å². The van der Waals surface area contributed by atoms with Gasteiger partial charge in [0.05, 0.1) is 0 Å². The van der Waals surface area contributed by atoms with Crippen LogP contribution < -0.4 is 10.6 Å². The molecule has 2 rings (SSSR count). The maximum Gasteiger partial charge on any atom is 0.220 e. The third-order valence-electron chi connectivity index (χ3n) is 5.78. The summed E-state index contributed by atoms with van der Waals surface area (Å²) >= 11 is 0. The highest BCUT2D eigenvalue weighted by atomic mass is 16.1. The molecule has 0 bridgehead atoms. The van der Waals surface area contributed by atoms with Gasteiger partial charge in [-0.3, -0.25) is 9.69 Å². The van der Waals surface area contributed by atoms with E-state index < -0.39 is 0 Å². The van der Waals surface area contributed by atoms with E-state index >= 15 is 0 Å². The molecule has 4 heteroatoms. The lowest BCUT2D eigenvalue weighted by Gasteiger charge is -2.36. The molecular weight excluding hydrogens is 286 g/mol. The Morgan fingerprint density at radius 1 is 1.26 bits per heavy atom. The number of nitrogens with one attached hydrogen (secondary N) is 2. The maximum absolute atomic E-state index is 12.3. The molecule has 2 N–H and O–H groups in total. The molecule has 0 aromatic heterocycles. The smallest absolute Gasteiger partial charge is 0.220 e. The lowest BCUT2D eigenvalue weighted by molar-refractivity contribution is -0.122. The Morgan fingerprint density at radius 2 is 2.04 bits per heavy atom. The van der Waals surface area contributed by atoms with Crippen molar-refractivity contribution in [3.05, 3.63) is 0 Å². The minimum Gasteiger partial charge on any atom is -0.355 e. The van der Waals surface area contributed by atoms with Gasteiger partial charge in [0.2, 0.25) is 5.91 Å². The van der Waals surface area contributed by atoms with Crippen molar-refractivity contribution in [3.63, 3.8) is 0 Å². The number of nitrogens with zero attached hydrogens (tertiary/aromatic N) is 1. The Kier molecular flexibility index (Phi) is 8.38. The highest BCUT2D eigenvalue weighted by Crippen LogP contribution is 2.24. The first-order chi connectivity index (χ1) is 11.2. The maximum atomic E-state index is 12.3. The number of likely N-dealkylation sites (tertiary alicyclic amines) is 1. The Balaban J connectivity index is 1.69. The number of hydrogen-bond donors (Lipinski definition) is 2. The largest absolute Gasteiger partial charge is 0.355 e. The van der Waals surface area contributed by atoms with Gasteiger partial charge in [-0.25, -0.2) is 0 Å². The van der Waals surface area contributed by atoms with Crippen LogP contribution in [0.2, 0.25) is 0 Å². The summed E-state index contributed by atoms with van der Waals surface area (Å²) in [5, 5.41) is 6.64. The average Bonchev–Trinajstić information content (AvgIpc) is 2.59. The van der Waals surface area contributed by atoms with Gasteiger partial charge >= 0.3 is 0 Å². The summed E-state index contributed by atoms with van der Waals surface area (Å²) in [5.74, 6) is 1.49. The molecular formula is C19H37N3O. The van der Waals surface area contributed by atoms with Gasteiger partial charge in [0.1, 0.15) is 0 Å². The zero-order valence-electron chi connectivity index (χ0n) is 15.3. The van der Waals surface area contributed by atoms with E-state index in [1.54, 1.807) is 0 Å². The molecule has 2 heterocycles. The number of piperidine rings is 2. The summed E-state index contributed by atoms with van der Waals surface area (Å²) in [7, 11) is 0. The standard InChI is InChI=1S/C19H37N3O/c1-3-4-12-22-13-6-5-7-18(22)15-21-19(23)14-16(2)17-8-10-20-11-9-17/h16-18,20H,3-15H2,1-2H3,(H,21,23). The number of amides is 1. The number of rotatable bonds is 8. The molecule has 2 aliphatic heterocycles. The van der Waals surface area contributed by atoms with Gasteiger partial charge < -0.3 is 10.6 Å². The third-order valence-corrected chi connectivity index (χ3v) is 5.78. The predicted octanol–water partition coefficient (Wildman–Crippen LogP) is 2.78. The average molecular weight is 324 g/mol. The molecule has 4 nitrogen and oxygen atoms in total. The molecule has 0 aliphatic carbocycles. The number of carbonyl (C=O) groups excluding carboxylic acids is 1. The predicted molar refractivity (Wildman–Crippen MR) is 96.5 cm³/mol. The fourth-order valence-electron chi connectivity index (χ4n) is 4.12. The van der Waals surface area contributed by atoms with Crippen molar-refractivity contribution >= 4 is 5.91 Å². The van der Waals surface area contributed by atoms with Gasteiger partial charge in [-0.1, -0.05) is 26.7 Å². The first-order valence-electron chi connectivity index (χ1n) is 9.92. The number of carbonyl (C=O) groups is 1. The van der Waals surface area contributed by atoms with Gasteiger partial charge in [-0.05, 0) is 70.1 Å². The van der Waals surface area contributed by atoms with E-state index in [-0.39, 0.29) is 5.91 Å². The molecule has 2 saturated heterocycles. The van der Waals surface area contributed by atoms with E-state index in [2.05, 4.69) is 29.4 Å². The Morgan fingerprint density at radius 3 is 2.78 bits per heavy atom. The number of hydrogen-bond acceptors (Lipinski definition) is 3. The lowest BCUT2D eigenvalue weighted by Crippen LogP contribution is -2.47. The van der Waals surface area contributed by atoms with E-state index in [0.717, 1.165) is 25.6 Å². The SMILES string of the molecule is CCCCN1CCCCC1CNC(=O)CC(C)C1CCNCC1. The summed E-state index contributed by atoms with van der Waals surface area (Å²) in [6, 6.07) is 0.563. The summed E-state index contributed by atoms with van der Waals surface area (Å²) in [6.07, 6.45) is 9.56. The van der Waals surface area contributed by atoms with Gasteiger partial charge in [0.25, 0.3) is 0 Å². The van der Waals surface area contributed by atoms with Gasteiger partial charge in [-0.15, -0.1) is 0 Å². The van der Waals surface area contributed by atoms with Crippen LogP contribution in [0, 0.1) is 11.8 Å². The molecule has 2 aliphatic rings. The molecule has 2 unspecified atom stereocenters. The monoisotopic (exact) mass is 323 g/mol. The molecule has 2 atom stereocenters. The fourth-order valence-corrected chi connectivity index (χ4v) is 4.12. The van der Waals surface area contributed by atoms with Crippen molar-refractivity contribution in [2.24, 2.45) is 11.8 Å². The van der Waals surface area contributed by atoms with E-state index in [1.165, 1.54) is 58.0 Å². The second-order valence-electron chi connectivity index (χ2n) is 7.61. The van der Waals surface area contributed by atoms with Crippen molar-refractivity contribution in [2.45, 2.75) is 71.3 Å². The first-order valence-corrected chi connectivity index (χ1v) is 9.92. The summed E-state index contributed by atoms with van der Waals surface area (Å²) in [4.78, 5) is 14.9. The third kappa shape index (κ3) is 6.42. The molecule has 1 amide bonds. The van der Waals surface area contributed by atoms with Gasteiger partial charge in [-0.2, -0.15) is 0 Å². The topological polar surface area (TPSA) is 44.4 Å². The van der Waals surface area contributed by atoms with E-state index in [1.807, 2.05) is 0 Å². The Bertz CT molecular complexity index is 342. The van der Waals surface area contributed by atoms with Crippen LogP contribution in [0.1, 0.15) is 65.2 Å². The highest BCUT2D eigenvalue weighted by molar-refractivity contribution is 5.76. The molecule has 0 spiro atoms. The van der Waals surface area contributed by atoms with Crippen molar-refractivity contribution in [2.75, 3.05) is 32.7 Å². The summed E-state index contributed by atoms with van der Waals surface area (Å²) in [5.41, 5.74) is 0. The van der Waals surface area contributed by atoms with Crippen LogP contribution >= 0.6 is 0 Å². The minimum absolute atomic E-state index is 0.261. The zero-order valence-corrected chi connectivity index (χ0v) is 15.3. The second kappa shape index (κ2) is 10.3. The summed E-state index contributed by atoms with van der Waals surface area (Å²) < 4.78 is 0. The van der Waals surface area contributed by atoms with Crippen LogP contribution in [0.25, 0.3) is 0 Å². The van der Waals surface area contributed by atoms with Crippen molar-refractivity contribution in [1.29, 1.82) is 0 Å². The first kappa shape index (κ1) is 18.7. The normalized spacial score (nSPS) is 25.2. The minimum atomic E-state index is 0.261. The van der Waals surface area contributed by atoms with Gasteiger partial charge in [0, 0.05) is 19.0 Å². The highest BCUT2D eigenvalue weighted by Gasteiger charge is 2.24. The van der Waals surface area contributed by atoms with Crippen molar-refractivity contribution < 1.29 is 4.79 Å². The molecule has 0 aromatic rings. The second-order valence-corrected chi connectivity index (χ2v) is 7.61. The Hall–Kier alpha value is -0.610. The quantitative estimate of drug-likeness (QED) is 0.722. The van der Waals surface area contributed by atoms with Gasteiger partial charge in [0.15, 0.2) is 0 Å². The van der Waals surface area contributed by atoms with Crippen LogP contribution in [0.3, 0.4) is 0 Å². The molecule has 0 radical (unpaired) electrons.